The molecule has 0 aromatic rings. The summed E-state index contributed by atoms with van der Waals surface area (Å²) in [6.45, 7) is 6.91. The molecule has 3 nitrogen and oxygen atoms in total. The highest BCUT2D eigenvalue weighted by Crippen LogP contribution is 2.31. The van der Waals surface area contributed by atoms with E-state index in [1.54, 1.807) is 0 Å². The van der Waals surface area contributed by atoms with Crippen molar-refractivity contribution in [3.8, 4) is 0 Å². The third kappa shape index (κ3) is 3.20. The topological polar surface area (TPSA) is 55.1 Å². The van der Waals surface area contributed by atoms with Gasteiger partial charge in [0.05, 0.1) is 0 Å². The Morgan fingerprint density at radius 3 is 2.60 bits per heavy atom. The molecule has 0 aromatic heterocycles. The summed E-state index contributed by atoms with van der Waals surface area (Å²) in [7, 11) is 0. The predicted octanol–water partition coefficient (Wildman–Crippen LogP) is 1.52. The summed E-state index contributed by atoms with van der Waals surface area (Å²) in [6.07, 6.45) is 3.44. The number of hydrogen-bond acceptors (Lipinski definition) is 2. The molecule has 0 bridgehead atoms. The van der Waals surface area contributed by atoms with Crippen LogP contribution in [-0.2, 0) is 4.79 Å². The van der Waals surface area contributed by atoms with Crippen molar-refractivity contribution in [2.45, 2.75) is 46.1 Å². The molecule has 3 N–H and O–H groups in total. The maximum absolute atomic E-state index is 11.9. The van der Waals surface area contributed by atoms with E-state index in [4.69, 9.17) is 5.73 Å². The molecule has 1 saturated carbocycles. The first-order valence-corrected chi connectivity index (χ1v) is 6.06. The van der Waals surface area contributed by atoms with Crippen molar-refractivity contribution in [1.29, 1.82) is 0 Å². The smallest absolute Gasteiger partial charge is 0.223 e. The van der Waals surface area contributed by atoms with Gasteiger partial charge in [0.15, 0.2) is 0 Å². The molecule has 0 aromatic carbocycles. The minimum absolute atomic E-state index is 0.190. The number of carbonyl (C=O) groups is 1. The standard InChI is InChI=1S/C12H24N2O/c1-8-5-4-6-11(8)12(15)14-10(3)9(2)7-13/h8-11H,4-7,13H2,1-3H3,(H,14,15). The van der Waals surface area contributed by atoms with Gasteiger partial charge in [-0.15, -0.1) is 0 Å². The minimum Gasteiger partial charge on any atom is -0.353 e. The molecule has 1 amide bonds. The summed E-state index contributed by atoms with van der Waals surface area (Å²) in [5.41, 5.74) is 5.58. The van der Waals surface area contributed by atoms with Gasteiger partial charge in [-0.1, -0.05) is 20.3 Å². The lowest BCUT2D eigenvalue weighted by Gasteiger charge is -2.23. The Bertz CT molecular complexity index is 218. The van der Waals surface area contributed by atoms with Crippen molar-refractivity contribution < 1.29 is 4.79 Å². The Morgan fingerprint density at radius 2 is 2.13 bits per heavy atom. The first-order chi connectivity index (χ1) is 7.06. The molecule has 0 saturated heterocycles. The van der Waals surface area contributed by atoms with Gasteiger partial charge in [-0.3, -0.25) is 4.79 Å². The van der Waals surface area contributed by atoms with E-state index in [0.717, 1.165) is 6.42 Å². The number of nitrogens with two attached hydrogens (primary N) is 1. The summed E-state index contributed by atoms with van der Waals surface area (Å²) in [5, 5.41) is 3.08. The molecule has 88 valence electrons. The van der Waals surface area contributed by atoms with Crippen molar-refractivity contribution in [1.82, 2.24) is 5.32 Å². The maximum atomic E-state index is 11.9. The fraction of sp³-hybridized carbons (Fsp3) is 0.917. The molecule has 0 heterocycles. The van der Waals surface area contributed by atoms with E-state index in [1.807, 2.05) is 6.92 Å². The van der Waals surface area contributed by atoms with Gasteiger partial charge in [0.25, 0.3) is 0 Å². The zero-order chi connectivity index (χ0) is 11.4. The molecule has 1 aliphatic carbocycles. The van der Waals surface area contributed by atoms with Gasteiger partial charge in [-0.05, 0) is 38.1 Å². The maximum Gasteiger partial charge on any atom is 0.223 e. The average molecular weight is 212 g/mol. The van der Waals surface area contributed by atoms with Gasteiger partial charge in [0.2, 0.25) is 5.91 Å². The summed E-state index contributed by atoms with van der Waals surface area (Å²) >= 11 is 0. The Hall–Kier alpha value is -0.570. The Morgan fingerprint density at radius 1 is 1.47 bits per heavy atom. The summed E-state index contributed by atoms with van der Waals surface area (Å²) < 4.78 is 0. The highest BCUT2D eigenvalue weighted by Gasteiger charge is 2.30. The number of rotatable bonds is 4. The number of amides is 1. The van der Waals surface area contributed by atoms with Crippen LogP contribution in [0.25, 0.3) is 0 Å². The third-order valence-corrected chi connectivity index (χ3v) is 3.79. The van der Waals surface area contributed by atoms with Gasteiger partial charge in [0, 0.05) is 12.0 Å². The van der Waals surface area contributed by atoms with Gasteiger partial charge in [-0.25, -0.2) is 0 Å². The molecule has 0 aliphatic heterocycles. The molecule has 1 rings (SSSR count). The number of nitrogens with one attached hydrogen (secondary N) is 1. The van der Waals surface area contributed by atoms with Crippen LogP contribution in [0.3, 0.4) is 0 Å². The van der Waals surface area contributed by atoms with Crippen LogP contribution in [0.5, 0.6) is 0 Å². The Balaban J connectivity index is 2.41. The third-order valence-electron chi connectivity index (χ3n) is 3.79. The lowest BCUT2D eigenvalue weighted by Crippen LogP contribution is -2.43. The van der Waals surface area contributed by atoms with Crippen LogP contribution >= 0.6 is 0 Å². The highest BCUT2D eigenvalue weighted by molar-refractivity contribution is 5.79. The largest absolute Gasteiger partial charge is 0.353 e. The van der Waals surface area contributed by atoms with E-state index < -0.39 is 0 Å². The molecule has 4 atom stereocenters. The first kappa shape index (κ1) is 12.5. The zero-order valence-electron chi connectivity index (χ0n) is 10.1. The van der Waals surface area contributed by atoms with E-state index in [1.165, 1.54) is 12.8 Å². The van der Waals surface area contributed by atoms with Crippen LogP contribution < -0.4 is 11.1 Å². The Labute approximate surface area is 92.8 Å². The lowest BCUT2D eigenvalue weighted by molar-refractivity contribution is -0.126. The fourth-order valence-electron chi connectivity index (χ4n) is 2.21. The van der Waals surface area contributed by atoms with E-state index >= 15 is 0 Å². The zero-order valence-corrected chi connectivity index (χ0v) is 10.1. The number of carbonyl (C=O) groups excluding carboxylic acids is 1. The van der Waals surface area contributed by atoms with Crippen LogP contribution in [0.4, 0.5) is 0 Å². The molecule has 1 fully saturated rings. The van der Waals surface area contributed by atoms with Crippen LogP contribution in [0.15, 0.2) is 0 Å². The predicted molar refractivity (Wildman–Crippen MR) is 62.3 cm³/mol. The minimum atomic E-state index is 0.190. The summed E-state index contributed by atoms with van der Waals surface area (Å²) in [6, 6.07) is 0.190. The van der Waals surface area contributed by atoms with Crippen LogP contribution in [0.1, 0.15) is 40.0 Å². The van der Waals surface area contributed by atoms with Gasteiger partial charge in [-0.2, -0.15) is 0 Å². The van der Waals surface area contributed by atoms with Crippen molar-refractivity contribution in [2.24, 2.45) is 23.5 Å². The molecule has 0 spiro atoms. The van der Waals surface area contributed by atoms with Crippen molar-refractivity contribution in [3.63, 3.8) is 0 Å². The molecule has 3 heteroatoms. The fourth-order valence-corrected chi connectivity index (χ4v) is 2.21. The molecule has 4 unspecified atom stereocenters. The number of hydrogen-bond donors (Lipinski definition) is 2. The van der Waals surface area contributed by atoms with E-state index in [0.29, 0.717) is 18.4 Å². The summed E-state index contributed by atoms with van der Waals surface area (Å²) in [4.78, 5) is 11.9. The van der Waals surface area contributed by atoms with Gasteiger partial charge in [0.1, 0.15) is 0 Å². The van der Waals surface area contributed by atoms with Crippen LogP contribution in [0, 0.1) is 17.8 Å². The van der Waals surface area contributed by atoms with Crippen molar-refractivity contribution >= 4 is 5.91 Å². The van der Waals surface area contributed by atoms with Crippen molar-refractivity contribution in [3.05, 3.63) is 0 Å². The second kappa shape index (κ2) is 5.50. The van der Waals surface area contributed by atoms with Crippen LogP contribution in [-0.4, -0.2) is 18.5 Å². The van der Waals surface area contributed by atoms with Gasteiger partial charge < -0.3 is 11.1 Å². The second-order valence-corrected chi connectivity index (χ2v) is 5.02. The van der Waals surface area contributed by atoms with E-state index in [2.05, 4.69) is 19.2 Å². The Kier molecular flexibility index (Phi) is 4.58. The molecule has 1 aliphatic rings. The second-order valence-electron chi connectivity index (χ2n) is 5.02. The molecular weight excluding hydrogens is 188 g/mol. The molecule has 0 radical (unpaired) electrons. The lowest BCUT2D eigenvalue weighted by atomic mass is 9.96. The molecule has 15 heavy (non-hydrogen) atoms. The van der Waals surface area contributed by atoms with Gasteiger partial charge >= 0.3 is 0 Å². The van der Waals surface area contributed by atoms with Crippen molar-refractivity contribution in [2.75, 3.05) is 6.54 Å². The first-order valence-electron chi connectivity index (χ1n) is 6.06. The normalized spacial score (nSPS) is 29.9. The highest BCUT2D eigenvalue weighted by atomic mass is 16.2. The van der Waals surface area contributed by atoms with Crippen LogP contribution in [0.2, 0.25) is 0 Å². The average Bonchev–Trinajstić information content (AvgIpc) is 2.63. The SMILES string of the molecule is CC(CN)C(C)NC(=O)C1CCCC1C. The monoisotopic (exact) mass is 212 g/mol. The quantitative estimate of drug-likeness (QED) is 0.742. The van der Waals surface area contributed by atoms with E-state index in [-0.39, 0.29) is 17.9 Å². The van der Waals surface area contributed by atoms with E-state index in [9.17, 15) is 4.79 Å². The summed E-state index contributed by atoms with van der Waals surface area (Å²) in [5.74, 6) is 1.36. The molecular formula is C12H24N2O.